The lowest BCUT2D eigenvalue weighted by Gasteiger charge is -2.29. The van der Waals surface area contributed by atoms with Crippen LogP contribution < -0.4 is 24.9 Å². The summed E-state index contributed by atoms with van der Waals surface area (Å²) in [6.07, 6.45) is 0. The molecule has 2 aromatic carbocycles. The molecule has 0 bridgehead atoms. The van der Waals surface area contributed by atoms with Crippen molar-refractivity contribution in [1.82, 2.24) is 9.47 Å². The van der Waals surface area contributed by atoms with Crippen LogP contribution in [-0.4, -0.2) is 41.5 Å². The first-order valence-corrected chi connectivity index (χ1v) is 13.1. The number of amides is 2. The first kappa shape index (κ1) is 25.0. The lowest BCUT2D eigenvalue weighted by atomic mass is 9.94. The third-order valence-corrected chi connectivity index (χ3v) is 7.95. The predicted octanol–water partition coefficient (Wildman–Crippen LogP) is 3.09. The van der Waals surface area contributed by atoms with Gasteiger partial charge in [0.05, 0.1) is 24.0 Å². The van der Waals surface area contributed by atoms with E-state index in [1.807, 2.05) is 32.0 Å². The number of hydrogen-bond donors (Lipinski definition) is 1. The van der Waals surface area contributed by atoms with Gasteiger partial charge in [0.1, 0.15) is 16.3 Å². The summed E-state index contributed by atoms with van der Waals surface area (Å²) in [4.78, 5) is 47.7. The molecule has 2 aliphatic heterocycles. The Morgan fingerprint density at radius 1 is 1.19 bits per heavy atom. The maximum absolute atomic E-state index is 14.1. The van der Waals surface area contributed by atoms with Crippen LogP contribution in [0.5, 0.6) is 5.75 Å². The Balaban J connectivity index is 1.85. The van der Waals surface area contributed by atoms with Gasteiger partial charge in [0, 0.05) is 34.9 Å². The molecule has 1 N–H and O–H groups in total. The average molecular weight is 537 g/mol. The van der Waals surface area contributed by atoms with Crippen LogP contribution in [0.1, 0.15) is 37.9 Å². The number of hydrogen-bond acceptors (Lipinski definition) is 6. The molecule has 0 saturated heterocycles. The number of fused-ring (bicyclic) bond motifs is 2. The molecular weight excluding hydrogens is 512 g/mol. The van der Waals surface area contributed by atoms with Crippen LogP contribution in [-0.2, 0) is 9.59 Å². The van der Waals surface area contributed by atoms with Crippen molar-refractivity contribution >= 4 is 46.0 Å². The van der Waals surface area contributed by atoms with E-state index in [4.69, 9.17) is 16.3 Å². The highest BCUT2D eigenvalue weighted by Crippen LogP contribution is 2.36. The molecule has 0 aliphatic carbocycles. The minimum Gasteiger partial charge on any atom is -0.496 e. The zero-order chi connectivity index (χ0) is 26.4. The topological polar surface area (TPSA) is 93.0 Å². The Labute approximate surface area is 222 Å². The number of carbonyl (C=O) groups excluding carboxylic acids is 2. The van der Waals surface area contributed by atoms with E-state index in [2.05, 4.69) is 10.3 Å². The number of likely N-dealkylation sites (N-methyl/N-ethyl adjacent to an activating group) is 1. The van der Waals surface area contributed by atoms with Gasteiger partial charge in [-0.3, -0.25) is 19.0 Å². The quantitative estimate of drug-likeness (QED) is 0.542. The van der Waals surface area contributed by atoms with Crippen molar-refractivity contribution in [3.05, 3.63) is 89.6 Å². The van der Waals surface area contributed by atoms with Gasteiger partial charge in [-0.05, 0) is 45.0 Å². The summed E-state index contributed by atoms with van der Waals surface area (Å²) >= 11 is 7.34. The molecule has 37 heavy (non-hydrogen) atoms. The molecule has 0 saturated carbocycles. The monoisotopic (exact) mass is 536 g/mol. The van der Waals surface area contributed by atoms with Crippen molar-refractivity contribution in [1.29, 1.82) is 0 Å². The van der Waals surface area contributed by atoms with Gasteiger partial charge in [-0.15, -0.1) is 0 Å². The molecule has 5 rings (SSSR count). The van der Waals surface area contributed by atoms with E-state index in [-0.39, 0.29) is 21.9 Å². The molecule has 1 aromatic heterocycles. The predicted molar refractivity (Wildman–Crippen MR) is 144 cm³/mol. The maximum atomic E-state index is 14.1. The minimum atomic E-state index is -0.779. The number of methoxy groups -OCH3 is 1. The zero-order valence-corrected chi connectivity index (χ0v) is 22.4. The van der Waals surface area contributed by atoms with Gasteiger partial charge in [-0.2, -0.15) is 0 Å². The summed E-state index contributed by atoms with van der Waals surface area (Å²) in [7, 11) is 1.55. The fraction of sp³-hybridized carbons (Fsp3) is 0.259. The normalized spacial score (nSPS) is 17.6. The van der Waals surface area contributed by atoms with Crippen LogP contribution in [0.15, 0.2) is 63.5 Å². The highest BCUT2D eigenvalue weighted by atomic mass is 35.5. The van der Waals surface area contributed by atoms with Gasteiger partial charge in [0.2, 0.25) is 0 Å². The summed E-state index contributed by atoms with van der Waals surface area (Å²) < 4.78 is 7.38. The highest BCUT2D eigenvalue weighted by Gasteiger charge is 2.37. The molecule has 0 spiro atoms. The van der Waals surface area contributed by atoms with Crippen molar-refractivity contribution in [2.24, 2.45) is 4.99 Å². The van der Waals surface area contributed by atoms with E-state index in [1.165, 1.54) is 4.57 Å². The molecule has 3 heterocycles. The molecule has 0 unspecified atom stereocenters. The maximum Gasteiger partial charge on any atom is 0.271 e. The van der Waals surface area contributed by atoms with Gasteiger partial charge < -0.3 is 15.0 Å². The molecule has 8 nitrogen and oxygen atoms in total. The Morgan fingerprint density at radius 3 is 2.62 bits per heavy atom. The number of allylic oxidation sites excluding steroid dienone is 1. The van der Waals surface area contributed by atoms with E-state index in [9.17, 15) is 14.4 Å². The zero-order valence-electron chi connectivity index (χ0n) is 20.8. The molecular formula is C27H25ClN4O4S. The molecule has 1 atom stereocenters. The highest BCUT2D eigenvalue weighted by molar-refractivity contribution is 7.07. The van der Waals surface area contributed by atoms with Gasteiger partial charge in [-0.1, -0.05) is 41.1 Å². The van der Waals surface area contributed by atoms with Crippen LogP contribution in [0.4, 0.5) is 5.69 Å². The van der Waals surface area contributed by atoms with Crippen LogP contribution in [0, 0.1) is 0 Å². The second kappa shape index (κ2) is 9.64. The Hall–Kier alpha value is -3.69. The van der Waals surface area contributed by atoms with Gasteiger partial charge in [0.15, 0.2) is 4.80 Å². The summed E-state index contributed by atoms with van der Waals surface area (Å²) in [5, 5.41) is 3.26. The Bertz CT molecular complexity index is 1670. The standard InChI is InChI=1S/C27H25ClN4O4S/c1-5-31(6-2)25(34)20-14(3)29-27-32(22(20)16-9-7-8-10-19(16)36-4)26(35)23(37-27)21-17-13-15(28)11-12-18(17)30-24(21)33/h7-13,22H,5-6H2,1-4H3,(H,30,33)/b23-21+/t22-/m0/s1. The van der Waals surface area contributed by atoms with Crippen molar-refractivity contribution < 1.29 is 14.3 Å². The second-order valence-corrected chi connectivity index (χ2v) is 10.1. The van der Waals surface area contributed by atoms with Crippen LogP contribution in [0.25, 0.3) is 5.57 Å². The third-order valence-electron chi connectivity index (χ3n) is 6.67. The number of ether oxygens (including phenoxy) is 1. The molecule has 3 aromatic rings. The molecule has 2 amide bonds. The number of halogens is 1. The van der Waals surface area contributed by atoms with Gasteiger partial charge in [0.25, 0.3) is 17.4 Å². The van der Waals surface area contributed by atoms with Crippen molar-refractivity contribution in [3.63, 3.8) is 0 Å². The van der Waals surface area contributed by atoms with Crippen molar-refractivity contribution in [2.45, 2.75) is 26.8 Å². The second-order valence-electron chi connectivity index (χ2n) is 8.64. The number of thiazole rings is 1. The number of carbonyl (C=O) groups is 2. The summed E-state index contributed by atoms with van der Waals surface area (Å²) in [6.45, 7) is 6.62. The van der Waals surface area contributed by atoms with Crippen LogP contribution in [0.3, 0.4) is 0 Å². The van der Waals surface area contributed by atoms with Crippen molar-refractivity contribution in [2.75, 3.05) is 25.5 Å². The smallest absolute Gasteiger partial charge is 0.271 e. The molecule has 0 radical (unpaired) electrons. The molecule has 190 valence electrons. The van der Waals surface area contributed by atoms with Crippen LogP contribution in [0.2, 0.25) is 5.02 Å². The largest absolute Gasteiger partial charge is 0.496 e. The number of para-hydroxylation sites is 1. The lowest BCUT2D eigenvalue weighted by Crippen LogP contribution is -2.43. The molecule has 2 aliphatic rings. The third kappa shape index (κ3) is 3.98. The minimum absolute atomic E-state index is 0.198. The van der Waals surface area contributed by atoms with E-state index >= 15 is 0 Å². The Kier molecular flexibility index (Phi) is 6.51. The number of aromatic nitrogens is 1. The SMILES string of the molecule is CCN(CC)C(=O)C1=C(C)N=c2s/c(=C3/C(=O)Nc4ccc(Cl)cc43)c(=O)n2[C@H]1c1ccccc1OC. The number of nitrogens with one attached hydrogen (secondary N) is 1. The van der Waals surface area contributed by atoms with E-state index in [0.29, 0.717) is 56.7 Å². The first-order valence-electron chi connectivity index (χ1n) is 11.9. The van der Waals surface area contributed by atoms with Gasteiger partial charge in [-0.25, -0.2) is 4.99 Å². The van der Waals surface area contributed by atoms with Crippen LogP contribution >= 0.6 is 22.9 Å². The number of rotatable bonds is 5. The summed E-state index contributed by atoms with van der Waals surface area (Å²) in [6, 6.07) is 11.6. The van der Waals surface area contributed by atoms with E-state index in [1.54, 1.807) is 43.2 Å². The number of benzene rings is 2. The first-order chi connectivity index (χ1) is 17.8. The summed E-state index contributed by atoms with van der Waals surface area (Å²) in [5.41, 5.74) is 2.57. The van der Waals surface area contributed by atoms with E-state index < -0.39 is 11.6 Å². The fourth-order valence-electron chi connectivity index (χ4n) is 4.88. The average Bonchev–Trinajstić information content (AvgIpc) is 3.38. The number of anilines is 1. The lowest BCUT2D eigenvalue weighted by molar-refractivity contribution is -0.127. The van der Waals surface area contributed by atoms with Gasteiger partial charge >= 0.3 is 0 Å². The molecule has 0 fully saturated rings. The molecule has 10 heteroatoms. The van der Waals surface area contributed by atoms with E-state index in [0.717, 1.165) is 11.3 Å². The number of nitrogens with zero attached hydrogens (tertiary/aromatic N) is 3. The van der Waals surface area contributed by atoms with Crippen molar-refractivity contribution in [3.8, 4) is 5.75 Å². The fourth-order valence-corrected chi connectivity index (χ4v) is 6.19. The summed E-state index contributed by atoms with van der Waals surface area (Å²) in [5.74, 6) is -0.0385. The Morgan fingerprint density at radius 2 is 1.92 bits per heavy atom.